The van der Waals surface area contributed by atoms with Gasteiger partial charge in [0.15, 0.2) is 0 Å². The van der Waals surface area contributed by atoms with E-state index in [-0.39, 0.29) is 17.4 Å². The number of rotatable bonds is 6. The Morgan fingerprint density at radius 2 is 2.00 bits per heavy atom. The third-order valence-electron chi connectivity index (χ3n) is 5.89. The lowest BCUT2D eigenvalue weighted by atomic mass is 9.95. The first-order chi connectivity index (χ1) is 14.6. The minimum absolute atomic E-state index is 0.0161. The second-order valence-electron chi connectivity index (χ2n) is 7.67. The van der Waals surface area contributed by atoms with Crippen molar-refractivity contribution in [2.45, 2.75) is 12.0 Å². The van der Waals surface area contributed by atoms with Crippen molar-refractivity contribution in [3.8, 4) is 0 Å². The van der Waals surface area contributed by atoms with Crippen LogP contribution in [-0.2, 0) is 4.74 Å². The van der Waals surface area contributed by atoms with Gasteiger partial charge in [-0.15, -0.1) is 11.3 Å². The number of carbonyl (C=O) groups excluding carboxylic acids is 2. The molecule has 6 nitrogen and oxygen atoms in total. The second-order valence-corrected chi connectivity index (χ2v) is 9.72. The Bertz CT molecular complexity index is 876. The lowest BCUT2D eigenvalue weighted by Gasteiger charge is -2.43. The molecule has 8 heteroatoms. The SMILES string of the molecule is CN(C(=O)c1cccs1)c1ccccc1C(=O)NCC1(N2CCOCC2)CCSC1. The van der Waals surface area contributed by atoms with Gasteiger partial charge in [0.2, 0.25) is 0 Å². The summed E-state index contributed by atoms with van der Waals surface area (Å²) in [6, 6.07) is 11.0. The van der Waals surface area contributed by atoms with Crippen LogP contribution in [-0.4, -0.2) is 73.7 Å². The Morgan fingerprint density at radius 3 is 2.70 bits per heavy atom. The number of amides is 2. The summed E-state index contributed by atoms with van der Waals surface area (Å²) in [7, 11) is 1.72. The van der Waals surface area contributed by atoms with Crippen LogP contribution < -0.4 is 10.2 Å². The van der Waals surface area contributed by atoms with Gasteiger partial charge in [-0.2, -0.15) is 11.8 Å². The maximum Gasteiger partial charge on any atom is 0.268 e. The monoisotopic (exact) mass is 445 g/mol. The van der Waals surface area contributed by atoms with Crippen molar-refractivity contribution in [3.63, 3.8) is 0 Å². The fourth-order valence-electron chi connectivity index (χ4n) is 4.11. The van der Waals surface area contributed by atoms with E-state index in [1.165, 1.54) is 11.3 Å². The molecule has 0 aliphatic carbocycles. The molecule has 2 aliphatic heterocycles. The van der Waals surface area contributed by atoms with Crippen molar-refractivity contribution >= 4 is 40.6 Å². The number of morpholine rings is 1. The first-order valence-corrected chi connectivity index (χ1v) is 12.2. The minimum atomic E-state index is -0.138. The molecule has 2 aromatic rings. The quantitative estimate of drug-likeness (QED) is 0.741. The highest BCUT2D eigenvalue weighted by Crippen LogP contribution is 2.34. The van der Waals surface area contributed by atoms with Gasteiger partial charge < -0.3 is 15.0 Å². The van der Waals surface area contributed by atoms with E-state index in [0.717, 1.165) is 44.2 Å². The van der Waals surface area contributed by atoms with Crippen LogP contribution in [0.1, 0.15) is 26.5 Å². The molecule has 2 saturated heterocycles. The van der Waals surface area contributed by atoms with Crippen LogP contribution in [0, 0.1) is 0 Å². The summed E-state index contributed by atoms with van der Waals surface area (Å²) in [5.74, 6) is 1.89. The summed E-state index contributed by atoms with van der Waals surface area (Å²) >= 11 is 3.35. The Hall–Kier alpha value is -1.87. The van der Waals surface area contributed by atoms with E-state index in [2.05, 4.69) is 10.2 Å². The number of nitrogens with zero attached hydrogens (tertiary/aromatic N) is 2. The van der Waals surface area contributed by atoms with E-state index < -0.39 is 0 Å². The Kier molecular flexibility index (Phi) is 6.77. The molecule has 4 rings (SSSR count). The molecule has 1 unspecified atom stereocenters. The van der Waals surface area contributed by atoms with E-state index in [1.807, 2.05) is 41.4 Å². The summed E-state index contributed by atoms with van der Waals surface area (Å²) in [6.07, 6.45) is 1.07. The van der Waals surface area contributed by atoms with Gasteiger partial charge in [0.1, 0.15) is 0 Å². The van der Waals surface area contributed by atoms with E-state index in [0.29, 0.717) is 22.7 Å². The van der Waals surface area contributed by atoms with Gasteiger partial charge in [0.25, 0.3) is 11.8 Å². The normalized spacial score (nSPS) is 22.0. The number of benzene rings is 1. The molecule has 2 aliphatic rings. The van der Waals surface area contributed by atoms with Crippen molar-refractivity contribution in [3.05, 3.63) is 52.2 Å². The Balaban J connectivity index is 1.49. The van der Waals surface area contributed by atoms with Crippen LogP contribution in [0.15, 0.2) is 41.8 Å². The van der Waals surface area contributed by atoms with Crippen molar-refractivity contribution in [2.24, 2.45) is 0 Å². The average Bonchev–Trinajstić information content (AvgIpc) is 3.50. The van der Waals surface area contributed by atoms with Gasteiger partial charge in [-0.3, -0.25) is 14.5 Å². The topological polar surface area (TPSA) is 61.9 Å². The molecule has 1 N–H and O–H groups in total. The fraction of sp³-hybridized carbons (Fsp3) is 0.455. The molecule has 160 valence electrons. The van der Waals surface area contributed by atoms with Crippen LogP contribution in [0.4, 0.5) is 5.69 Å². The third kappa shape index (κ3) is 4.42. The molecule has 30 heavy (non-hydrogen) atoms. The van der Waals surface area contributed by atoms with E-state index in [9.17, 15) is 9.59 Å². The van der Waals surface area contributed by atoms with Crippen LogP contribution in [0.25, 0.3) is 0 Å². The maximum absolute atomic E-state index is 13.2. The van der Waals surface area contributed by atoms with Crippen molar-refractivity contribution in [1.82, 2.24) is 10.2 Å². The first-order valence-electron chi connectivity index (χ1n) is 10.2. The van der Waals surface area contributed by atoms with Gasteiger partial charge in [-0.05, 0) is 35.8 Å². The predicted molar refractivity (Wildman–Crippen MR) is 123 cm³/mol. The predicted octanol–water partition coefficient (Wildman–Crippen LogP) is 2.96. The van der Waals surface area contributed by atoms with E-state index in [1.54, 1.807) is 24.1 Å². The van der Waals surface area contributed by atoms with E-state index >= 15 is 0 Å². The number of nitrogens with one attached hydrogen (secondary N) is 1. The summed E-state index contributed by atoms with van der Waals surface area (Å²) in [6.45, 7) is 3.92. The van der Waals surface area contributed by atoms with Gasteiger partial charge in [0.05, 0.1) is 29.3 Å². The highest BCUT2D eigenvalue weighted by molar-refractivity contribution is 7.99. The number of hydrogen-bond donors (Lipinski definition) is 1. The summed E-state index contributed by atoms with van der Waals surface area (Å²) in [5, 5.41) is 5.06. The van der Waals surface area contributed by atoms with Crippen LogP contribution in [0.5, 0.6) is 0 Å². The van der Waals surface area contributed by atoms with Crippen molar-refractivity contribution in [1.29, 1.82) is 0 Å². The largest absolute Gasteiger partial charge is 0.379 e. The van der Waals surface area contributed by atoms with Gasteiger partial charge in [-0.1, -0.05) is 18.2 Å². The average molecular weight is 446 g/mol. The molecule has 3 heterocycles. The molecule has 0 bridgehead atoms. The van der Waals surface area contributed by atoms with Gasteiger partial charge in [0, 0.05) is 38.0 Å². The zero-order valence-electron chi connectivity index (χ0n) is 17.1. The lowest BCUT2D eigenvalue weighted by molar-refractivity contribution is -0.0129. The first kappa shape index (κ1) is 21.4. The number of ether oxygens (including phenoxy) is 1. The minimum Gasteiger partial charge on any atom is -0.379 e. The second kappa shape index (κ2) is 9.51. The van der Waals surface area contributed by atoms with Crippen LogP contribution in [0.2, 0.25) is 0 Å². The lowest BCUT2D eigenvalue weighted by Crippen LogP contribution is -2.59. The Labute approximate surface area is 185 Å². The highest BCUT2D eigenvalue weighted by atomic mass is 32.2. The molecule has 1 atom stereocenters. The zero-order valence-corrected chi connectivity index (χ0v) is 18.8. The molecule has 0 radical (unpaired) electrons. The molecule has 0 saturated carbocycles. The Morgan fingerprint density at radius 1 is 1.20 bits per heavy atom. The number of thioether (sulfide) groups is 1. The molecule has 2 amide bonds. The number of anilines is 1. The van der Waals surface area contributed by atoms with Crippen LogP contribution in [0.3, 0.4) is 0 Å². The summed E-state index contributed by atoms with van der Waals surface area (Å²) < 4.78 is 5.52. The van der Waals surface area contributed by atoms with E-state index in [4.69, 9.17) is 4.74 Å². The highest BCUT2D eigenvalue weighted by Gasteiger charge is 2.41. The maximum atomic E-state index is 13.2. The molecule has 2 fully saturated rings. The molecule has 1 aromatic carbocycles. The number of carbonyl (C=O) groups is 2. The fourth-order valence-corrected chi connectivity index (χ4v) is 6.28. The van der Waals surface area contributed by atoms with Crippen molar-refractivity contribution < 1.29 is 14.3 Å². The zero-order chi connectivity index (χ0) is 21.0. The van der Waals surface area contributed by atoms with Crippen molar-refractivity contribution in [2.75, 3.05) is 56.3 Å². The molecular weight excluding hydrogens is 418 g/mol. The number of hydrogen-bond acceptors (Lipinski definition) is 6. The van der Waals surface area contributed by atoms with Crippen LogP contribution >= 0.6 is 23.1 Å². The summed E-state index contributed by atoms with van der Waals surface area (Å²) in [4.78, 5) is 30.6. The molecule has 0 spiro atoms. The summed E-state index contributed by atoms with van der Waals surface area (Å²) in [5.41, 5.74) is 1.12. The van der Waals surface area contributed by atoms with Gasteiger partial charge >= 0.3 is 0 Å². The standard InChI is InChI=1S/C22H27N3O3S2/c1-24(21(27)19-7-4-13-30-19)18-6-3-2-5-17(18)20(26)23-15-22(8-14-29-16-22)25-9-11-28-12-10-25/h2-7,13H,8-12,14-16H2,1H3,(H,23,26). The molecular formula is C22H27N3O3S2. The number of para-hydroxylation sites is 1. The smallest absolute Gasteiger partial charge is 0.268 e. The molecule has 1 aromatic heterocycles. The number of thiophene rings is 1. The van der Waals surface area contributed by atoms with Gasteiger partial charge in [-0.25, -0.2) is 0 Å². The third-order valence-corrected chi connectivity index (χ3v) is 7.98.